The van der Waals surface area contributed by atoms with Gasteiger partial charge in [0.25, 0.3) is 0 Å². The number of unbranched alkanes of at least 4 members (excludes halogenated alkanes) is 8. The van der Waals surface area contributed by atoms with Crippen molar-refractivity contribution < 1.29 is 85.7 Å². The van der Waals surface area contributed by atoms with Gasteiger partial charge in [-0.15, -0.1) is 0 Å². The molecular formula is C78H92O18. The molecule has 0 aliphatic rings. The molecule has 0 spiro atoms. The molecule has 96 heavy (non-hydrogen) atoms. The second-order valence-corrected chi connectivity index (χ2v) is 22.7. The van der Waals surface area contributed by atoms with Crippen LogP contribution >= 0.6 is 0 Å². The van der Waals surface area contributed by atoms with Crippen LogP contribution < -0.4 is 33.2 Å². The lowest BCUT2D eigenvalue weighted by atomic mass is 10.0. The van der Waals surface area contributed by atoms with Crippen LogP contribution in [0, 0.1) is 11.8 Å². The standard InChI is InChI=1S/C40H46O10.C38H46O8/c1-5-37(41)47-25-7-9-29(3)23-27-45-33-15-11-31(12-16-33)39(43)49-35-19-21-36(22-20-35)50-40(44)32-13-17-34(18-14-32)46-28-24-30(4)10-8-26-48-38(42)6-2;1-4-36(39)44-28-14-12-10-8-6-7-9-11-13-27-43-33-21-19-31(20-22-33)30-15-17-32(18-16-30)38(41)46-35-25-23-34(24-26-35)45-29(3)37(40)42-5-2/h5-6,11-22,29-30H,1-2,7-10,23-28H2,3-4H3;4,15-26,29H,1,5-14,27-28H2,2-3H3. The van der Waals surface area contributed by atoms with E-state index in [1.54, 1.807) is 123 Å². The van der Waals surface area contributed by atoms with Crippen molar-refractivity contribution in [1.82, 2.24) is 0 Å². The second kappa shape index (κ2) is 44.6. The van der Waals surface area contributed by atoms with Crippen molar-refractivity contribution in [3.05, 3.63) is 200 Å². The van der Waals surface area contributed by atoms with E-state index < -0.39 is 41.9 Å². The zero-order valence-corrected chi connectivity index (χ0v) is 55.8. The van der Waals surface area contributed by atoms with Crippen molar-refractivity contribution in [2.24, 2.45) is 11.8 Å². The molecule has 0 heterocycles. The van der Waals surface area contributed by atoms with E-state index >= 15 is 0 Å². The Morgan fingerprint density at radius 1 is 0.333 bits per heavy atom. The molecule has 0 aromatic heterocycles. The van der Waals surface area contributed by atoms with Crippen LogP contribution in [0.1, 0.15) is 155 Å². The first kappa shape index (κ1) is 76.7. The zero-order chi connectivity index (χ0) is 69.1. The third-order valence-electron chi connectivity index (χ3n) is 14.9. The fourth-order valence-corrected chi connectivity index (χ4v) is 9.32. The van der Waals surface area contributed by atoms with Crippen molar-refractivity contribution in [3.8, 4) is 51.4 Å². The van der Waals surface area contributed by atoms with Crippen LogP contribution in [0.25, 0.3) is 11.1 Å². The van der Waals surface area contributed by atoms with Gasteiger partial charge in [-0.05, 0) is 210 Å². The summed E-state index contributed by atoms with van der Waals surface area (Å²) in [5, 5.41) is 0. The van der Waals surface area contributed by atoms with Crippen molar-refractivity contribution in [3.63, 3.8) is 0 Å². The van der Waals surface area contributed by atoms with Gasteiger partial charge in [-0.2, -0.15) is 0 Å². The highest BCUT2D eigenvalue weighted by molar-refractivity contribution is 5.93. The Morgan fingerprint density at radius 3 is 0.990 bits per heavy atom. The maximum atomic E-state index is 12.7. The molecule has 0 bridgehead atoms. The lowest BCUT2D eigenvalue weighted by Crippen LogP contribution is -2.26. The largest absolute Gasteiger partial charge is 0.494 e. The number of hydrogen-bond donors (Lipinski definition) is 0. The fourth-order valence-electron chi connectivity index (χ4n) is 9.32. The topological polar surface area (TPSA) is 221 Å². The molecule has 0 radical (unpaired) electrons. The molecule has 0 fully saturated rings. The van der Waals surface area contributed by atoms with Gasteiger partial charge in [0.15, 0.2) is 6.10 Å². The van der Waals surface area contributed by atoms with E-state index in [9.17, 15) is 33.6 Å². The van der Waals surface area contributed by atoms with Gasteiger partial charge < -0.3 is 52.1 Å². The monoisotopic (exact) mass is 1320 g/mol. The molecule has 512 valence electrons. The Labute approximate surface area is 564 Å². The van der Waals surface area contributed by atoms with E-state index in [2.05, 4.69) is 33.6 Å². The summed E-state index contributed by atoms with van der Waals surface area (Å²) in [4.78, 5) is 82.9. The maximum absolute atomic E-state index is 12.7. The van der Waals surface area contributed by atoms with Gasteiger partial charge in [0, 0.05) is 18.2 Å². The van der Waals surface area contributed by atoms with Crippen LogP contribution in [-0.4, -0.2) is 94.1 Å². The molecule has 6 aromatic carbocycles. The minimum absolute atomic E-state index is 0.287. The van der Waals surface area contributed by atoms with E-state index in [4.69, 9.17) is 52.1 Å². The Balaban J connectivity index is 0.000000348. The molecule has 18 heteroatoms. The molecule has 6 aromatic rings. The van der Waals surface area contributed by atoms with Gasteiger partial charge in [0.05, 0.1) is 62.9 Å². The highest BCUT2D eigenvalue weighted by Crippen LogP contribution is 2.27. The third-order valence-corrected chi connectivity index (χ3v) is 14.9. The molecule has 0 amide bonds. The van der Waals surface area contributed by atoms with E-state index in [1.807, 2.05) is 36.4 Å². The Kier molecular flexibility index (Phi) is 35.6. The van der Waals surface area contributed by atoms with Crippen LogP contribution in [0.15, 0.2) is 184 Å². The summed E-state index contributed by atoms with van der Waals surface area (Å²) in [5.74, 6) is 1.25. The molecule has 6 rings (SSSR count). The third kappa shape index (κ3) is 30.9. The number of carbonyl (C=O) groups excluding carboxylic acids is 7. The van der Waals surface area contributed by atoms with E-state index in [1.165, 1.54) is 38.2 Å². The minimum atomic E-state index is -0.737. The van der Waals surface area contributed by atoms with E-state index in [0.29, 0.717) is 103 Å². The molecule has 0 saturated heterocycles. The summed E-state index contributed by atoms with van der Waals surface area (Å²) in [7, 11) is 0. The summed E-state index contributed by atoms with van der Waals surface area (Å²) in [5.41, 5.74) is 3.17. The first-order valence-corrected chi connectivity index (χ1v) is 32.9. The van der Waals surface area contributed by atoms with Gasteiger partial charge in [-0.3, -0.25) is 0 Å². The number of hydrogen-bond acceptors (Lipinski definition) is 18. The quantitative estimate of drug-likeness (QED) is 0.0114. The van der Waals surface area contributed by atoms with E-state index in [-0.39, 0.29) is 12.6 Å². The van der Waals surface area contributed by atoms with Gasteiger partial charge in [0.1, 0.15) is 40.2 Å². The molecule has 18 nitrogen and oxygen atoms in total. The molecular weight excluding hydrogens is 1220 g/mol. The van der Waals surface area contributed by atoms with Crippen molar-refractivity contribution in [1.29, 1.82) is 0 Å². The molecule has 0 aliphatic heterocycles. The molecule has 0 saturated carbocycles. The predicted octanol–water partition coefficient (Wildman–Crippen LogP) is 16.5. The van der Waals surface area contributed by atoms with Crippen LogP contribution in [0.2, 0.25) is 0 Å². The summed E-state index contributed by atoms with van der Waals surface area (Å²) in [6.07, 6.45) is 18.1. The minimum Gasteiger partial charge on any atom is -0.494 e. The molecule has 0 N–H and O–H groups in total. The summed E-state index contributed by atoms with van der Waals surface area (Å²) < 4.78 is 59.5. The van der Waals surface area contributed by atoms with Crippen molar-refractivity contribution in [2.45, 2.75) is 130 Å². The van der Waals surface area contributed by atoms with Crippen LogP contribution in [-0.2, 0) is 38.1 Å². The second-order valence-electron chi connectivity index (χ2n) is 22.7. The normalized spacial score (nSPS) is 11.5. The predicted molar refractivity (Wildman–Crippen MR) is 367 cm³/mol. The van der Waals surface area contributed by atoms with Crippen molar-refractivity contribution >= 4 is 41.8 Å². The zero-order valence-electron chi connectivity index (χ0n) is 55.8. The Hall–Kier alpha value is -9.97. The number of benzene rings is 6. The molecule has 0 aliphatic carbocycles. The fraction of sp³-hybridized carbons (Fsp3) is 0.372. The van der Waals surface area contributed by atoms with Gasteiger partial charge in [-0.1, -0.05) is 103 Å². The maximum Gasteiger partial charge on any atom is 0.347 e. The average Bonchev–Trinajstić information content (AvgIpc) is 0.941. The van der Waals surface area contributed by atoms with E-state index in [0.717, 1.165) is 93.2 Å². The number of carbonyl (C=O) groups is 7. The highest BCUT2D eigenvalue weighted by atomic mass is 16.6. The van der Waals surface area contributed by atoms with Crippen LogP contribution in [0.4, 0.5) is 0 Å². The Bertz CT molecular complexity index is 3200. The first-order valence-electron chi connectivity index (χ1n) is 32.9. The summed E-state index contributed by atoms with van der Waals surface area (Å²) >= 11 is 0. The SMILES string of the molecule is C=CC(=O)OCCCC(C)CCOc1ccc(C(=O)Oc2ccc(OC(=O)c3ccc(OCCC(C)CCCOC(=O)C=C)cc3)cc2)cc1.C=CC(=O)OCCCCCCCCCCCOc1ccc(-c2ccc(C(=O)Oc3ccc(OC(C)C(=O)OCC)cc3)cc2)cc1. The summed E-state index contributed by atoms with van der Waals surface area (Å²) in [6, 6.07) is 41.3. The first-order chi connectivity index (χ1) is 46.5. The van der Waals surface area contributed by atoms with Gasteiger partial charge in [-0.25, -0.2) is 33.6 Å². The lowest BCUT2D eigenvalue weighted by Gasteiger charge is -2.13. The smallest absolute Gasteiger partial charge is 0.347 e. The number of esters is 7. The van der Waals surface area contributed by atoms with Crippen molar-refractivity contribution in [2.75, 3.05) is 46.2 Å². The lowest BCUT2D eigenvalue weighted by molar-refractivity contribution is -0.150. The van der Waals surface area contributed by atoms with Crippen LogP contribution in [0.3, 0.4) is 0 Å². The number of rotatable bonds is 43. The van der Waals surface area contributed by atoms with Gasteiger partial charge in [0.2, 0.25) is 0 Å². The molecule has 3 atom stereocenters. The van der Waals surface area contributed by atoms with Crippen LogP contribution in [0.5, 0.6) is 40.2 Å². The number of ether oxygens (including phenoxy) is 11. The Morgan fingerprint density at radius 2 is 0.625 bits per heavy atom. The highest BCUT2D eigenvalue weighted by Gasteiger charge is 2.18. The summed E-state index contributed by atoms with van der Waals surface area (Å²) in [6.45, 7) is 21.0. The van der Waals surface area contributed by atoms with Gasteiger partial charge >= 0.3 is 41.8 Å². The average molecular weight is 1320 g/mol. The molecule has 3 unspecified atom stereocenters.